The van der Waals surface area contributed by atoms with E-state index in [9.17, 15) is 13.2 Å². The highest BCUT2D eigenvalue weighted by molar-refractivity contribution is 6.76. The zero-order valence-electron chi connectivity index (χ0n) is 25.2. The molecule has 0 aliphatic carbocycles. The zero-order valence-corrected chi connectivity index (χ0v) is 26.2. The Morgan fingerprint density at radius 2 is 1.72 bits per heavy atom. The summed E-state index contributed by atoms with van der Waals surface area (Å²) in [4.78, 5) is 16.2. The van der Waals surface area contributed by atoms with Crippen LogP contribution in [0, 0.1) is 6.92 Å². The Morgan fingerprint density at radius 1 is 1.00 bits per heavy atom. The average Bonchev–Trinajstić information content (AvgIpc) is 3.51. The Labute approximate surface area is 250 Å². The summed E-state index contributed by atoms with van der Waals surface area (Å²) in [5.74, 6) is 2.06. The first-order valence-electron chi connectivity index (χ1n) is 14.2. The van der Waals surface area contributed by atoms with E-state index in [0.29, 0.717) is 47.7 Å². The van der Waals surface area contributed by atoms with Crippen LogP contribution < -0.4 is 4.74 Å². The van der Waals surface area contributed by atoms with Crippen LogP contribution in [0.15, 0.2) is 60.9 Å². The minimum absolute atomic E-state index is 0.0303. The van der Waals surface area contributed by atoms with Crippen LogP contribution in [0.4, 0.5) is 13.2 Å². The standard InChI is InChI=1S/C32H36F3N5O2Si/c1-20(2)24-9-7-8-10-25(24)31-36-17-26-28(38-31)27(18-40(26)19-41-15-16-43(4,5)6)42-23-13-11-22(12-14-23)30-37-21(3)29(39-30)32(33,34)35/h7-14,17-18,20H,15-16,19H2,1-6H3,(H,37,39). The second kappa shape index (κ2) is 12.0. The van der Waals surface area contributed by atoms with Crippen LogP contribution in [0.1, 0.15) is 36.7 Å². The highest BCUT2D eigenvalue weighted by Crippen LogP contribution is 2.35. The number of aromatic nitrogens is 5. The monoisotopic (exact) mass is 607 g/mol. The van der Waals surface area contributed by atoms with Crippen molar-refractivity contribution < 1.29 is 22.6 Å². The van der Waals surface area contributed by atoms with E-state index in [1.807, 2.05) is 29.0 Å². The van der Waals surface area contributed by atoms with Gasteiger partial charge < -0.3 is 19.0 Å². The second-order valence-electron chi connectivity index (χ2n) is 12.2. The summed E-state index contributed by atoms with van der Waals surface area (Å²) in [6.07, 6.45) is -0.875. The molecule has 11 heteroatoms. The highest BCUT2D eigenvalue weighted by Gasteiger charge is 2.36. The normalized spacial score (nSPS) is 12.4. The van der Waals surface area contributed by atoms with Crippen LogP contribution in [0.2, 0.25) is 25.7 Å². The fraction of sp³-hybridized carbons (Fsp3) is 0.344. The molecule has 0 amide bonds. The van der Waals surface area contributed by atoms with Crippen LogP contribution in [0.25, 0.3) is 33.8 Å². The number of halogens is 3. The third-order valence-corrected chi connectivity index (χ3v) is 8.85. The largest absolute Gasteiger partial charge is 0.453 e. The minimum atomic E-state index is -4.52. The lowest BCUT2D eigenvalue weighted by Crippen LogP contribution is -2.21. The number of imidazole rings is 1. The fourth-order valence-electron chi connectivity index (χ4n) is 4.78. The van der Waals surface area contributed by atoms with E-state index < -0.39 is 19.9 Å². The summed E-state index contributed by atoms with van der Waals surface area (Å²) in [6, 6.07) is 15.9. The van der Waals surface area contributed by atoms with Gasteiger partial charge in [0.2, 0.25) is 0 Å². The molecule has 3 heterocycles. The van der Waals surface area contributed by atoms with Crippen LogP contribution in [-0.4, -0.2) is 39.2 Å². The molecule has 3 aromatic heterocycles. The SMILES string of the molecule is Cc1[nH]c(-c2ccc(Oc3cn(COCC[Si](C)(C)C)c4cnc(-c5ccccc5C(C)C)nc34)cc2)nc1C(F)(F)F. The van der Waals surface area contributed by atoms with Crippen molar-refractivity contribution in [2.45, 2.75) is 65.3 Å². The van der Waals surface area contributed by atoms with Gasteiger partial charge in [0.05, 0.1) is 17.9 Å². The molecule has 0 saturated carbocycles. The molecule has 7 nitrogen and oxygen atoms in total. The number of nitrogens with one attached hydrogen (secondary N) is 1. The van der Waals surface area contributed by atoms with Crippen molar-refractivity contribution in [1.29, 1.82) is 0 Å². The topological polar surface area (TPSA) is 77.9 Å². The second-order valence-corrected chi connectivity index (χ2v) is 17.8. The number of H-pyrrole nitrogens is 1. The molecule has 0 atom stereocenters. The number of hydrogen-bond donors (Lipinski definition) is 1. The minimum Gasteiger partial charge on any atom is -0.453 e. The lowest BCUT2D eigenvalue weighted by molar-refractivity contribution is -0.141. The Kier molecular flexibility index (Phi) is 8.48. The summed E-state index contributed by atoms with van der Waals surface area (Å²) >= 11 is 0. The van der Waals surface area contributed by atoms with E-state index in [0.717, 1.165) is 22.7 Å². The van der Waals surface area contributed by atoms with Gasteiger partial charge in [-0.2, -0.15) is 13.2 Å². The summed E-state index contributed by atoms with van der Waals surface area (Å²) < 4.78 is 54.0. The van der Waals surface area contributed by atoms with Gasteiger partial charge in [-0.3, -0.25) is 0 Å². The van der Waals surface area contributed by atoms with Crippen LogP contribution in [0.5, 0.6) is 11.5 Å². The first-order valence-corrected chi connectivity index (χ1v) is 18.0. The predicted molar refractivity (Wildman–Crippen MR) is 165 cm³/mol. The molecule has 226 valence electrons. The van der Waals surface area contributed by atoms with Crippen molar-refractivity contribution in [3.05, 3.63) is 77.9 Å². The highest BCUT2D eigenvalue weighted by atomic mass is 28.3. The zero-order chi connectivity index (χ0) is 30.9. The number of alkyl halides is 3. The molecule has 5 rings (SSSR count). The molecular formula is C32H36F3N5O2Si. The van der Waals surface area contributed by atoms with Gasteiger partial charge in [0.1, 0.15) is 23.8 Å². The number of aryl methyl sites for hydroxylation is 1. The summed E-state index contributed by atoms with van der Waals surface area (Å²) in [5, 5.41) is 0. The maximum absolute atomic E-state index is 13.2. The third kappa shape index (κ3) is 6.99. The van der Waals surface area contributed by atoms with Crippen LogP contribution in [0.3, 0.4) is 0 Å². The van der Waals surface area contributed by atoms with E-state index in [1.165, 1.54) is 6.92 Å². The maximum atomic E-state index is 13.2. The molecule has 43 heavy (non-hydrogen) atoms. The summed E-state index contributed by atoms with van der Waals surface area (Å²) in [7, 11) is -1.24. The molecular weight excluding hydrogens is 571 g/mol. The van der Waals surface area contributed by atoms with Gasteiger partial charge in [-0.15, -0.1) is 0 Å². The smallest absolute Gasteiger partial charge is 0.435 e. The first kappa shape index (κ1) is 30.5. The van der Waals surface area contributed by atoms with Gasteiger partial charge >= 0.3 is 6.18 Å². The summed E-state index contributed by atoms with van der Waals surface area (Å²) in [5.41, 5.74) is 3.08. The lowest BCUT2D eigenvalue weighted by Gasteiger charge is -2.15. The first-order chi connectivity index (χ1) is 20.3. The molecule has 0 unspecified atom stereocenters. The van der Waals surface area contributed by atoms with Crippen molar-refractivity contribution in [3.63, 3.8) is 0 Å². The van der Waals surface area contributed by atoms with Gasteiger partial charge in [-0.1, -0.05) is 57.8 Å². The van der Waals surface area contributed by atoms with Crippen molar-refractivity contribution >= 4 is 19.1 Å². The number of nitrogens with zero attached hydrogens (tertiary/aromatic N) is 4. The molecule has 0 spiro atoms. The molecule has 0 fully saturated rings. The predicted octanol–water partition coefficient (Wildman–Crippen LogP) is 9.04. The third-order valence-electron chi connectivity index (χ3n) is 7.14. The van der Waals surface area contributed by atoms with Crippen LogP contribution >= 0.6 is 0 Å². The molecule has 0 radical (unpaired) electrons. The molecule has 0 bridgehead atoms. The molecule has 5 aromatic rings. The van der Waals surface area contributed by atoms with E-state index in [4.69, 9.17) is 19.4 Å². The number of rotatable bonds is 10. The van der Waals surface area contributed by atoms with Crippen molar-refractivity contribution in [2.75, 3.05) is 6.61 Å². The molecule has 0 aliphatic heterocycles. The van der Waals surface area contributed by atoms with E-state index in [2.05, 4.69) is 49.5 Å². The average molecular weight is 608 g/mol. The van der Waals surface area contributed by atoms with E-state index in [-0.39, 0.29) is 11.5 Å². The Bertz CT molecular complexity index is 1720. The van der Waals surface area contributed by atoms with E-state index >= 15 is 0 Å². The molecule has 0 aliphatic rings. The van der Waals surface area contributed by atoms with Crippen molar-refractivity contribution in [3.8, 4) is 34.3 Å². The number of hydrogen-bond acceptors (Lipinski definition) is 5. The number of benzene rings is 2. The van der Waals surface area contributed by atoms with Gasteiger partial charge in [-0.25, -0.2) is 15.0 Å². The number of ether oxygens (including phenoxy) is 2. The summed E-state index contributed by atoms with van der Waals surface area (Å²) in [6.45, 7) is 13.6. The Hall–Kier alpha value is -3.96. The lowest BCUT2D eigenvalue weighted by atomic mass is 9.97. The van der Waals surface area contributed by atoms with Gasteiger partial charge in [0.15, 0.2) is 17.3 Å². The quantitative estimate of drug-likeness (QED) is 0.127. The van der Waals surface area contributed by atoms with Gasteiger partial charge in [-0.05, 0) is 48.7 Å². The van der Waals surface area contributed by atoms with Gasteiger partial charge in [0.25, 0.3) is 0 Å². The van der Waals surface area contributed by atoms with E-state index in [1.54, 1.807) is 30.5 Å². The molecule has 2 aromatic carbocycles. The maximum Gasteiger partial charge on any atom is 0.435 e. The van der Waals surface area contributed by atoms with Crippen molar-refractivity contribution in [2.24, 2.45) is 0 Å². The van der Waals surface area contributed by atoms with Crippen LogP contribution in [-0.2, 0) is 17.6 Å². The number of aromatic amines is 1. The Morgan fingerprint density at radius 3 is 2.37 bits per heavy atom. The number of fused-ring (bicyclic) bond motifs is 1. The fourth-order valence-corrected chi connectivity index (χ4v) is 5.53. The van der Waals surface area contributed by atoms with Gasteiger partial charge in [0, 0.05) is 31.5 Å². The Balaban J connectivity index is 1.47. The molecule has 1 N–H and O–H groups in total. The van der Waals surface area contributed by atoms with Crippen molar-refractivity contribution in [1.82, 2.24) is 24.5 Å². The molecule has 0 saturated heterocycles.